The Labute approximate surface area is 171 Å². The summed E-state index contributed by atoms with van der Waals surface area (Å²) in [6, 6.07) is 14.8. The minimum atomic E-state index is -0.690. The summed E-state index contributed by atoms with van der Waals surface area (Å²) in [5.74, 6) is -1.93. The highest BCUT2D eigenvalue weighted by Crippen LogP contribution is 2.21. The van der Waals surface area contributed by atoms with E-state index in [0.717, 1.165) is 5.69 Å². The van der Waals surface area contributed by atoms with Crippen LogP contribution in [0.2, 0.25) is 5.15 Å². The van der Waals surface area contributed by atoms with Crippen LogP contribution in [0.5, 0.6) is 0 Å². The molecule has 0 aliphatic heterocycles. The molecule has 0 radical (unpaired) electrons. The summed E-state index contributed by atoms with van der Waals surface area (Å²) in [6.45, 7) is 1.41. The molecule has 29 heavy (non-hydrogen) atoms. The summed E-state index contributed by atoms with van der Waals surface area (Å²) in [6.07, 6.45) is 1.38. The smallest absolute Gasteiger partial charge is 0.259 e. The molecular weight excluding hydrogens is 397 g/mol. The number of rotatable bonds is 6. The minimum absolute atomic E-state index is 0.139. The van der Waals surface area contributed by atoms with Gasteiger partial charge >= 0.3 is 0 Å². The van der Waals surface area contributed by atoms with Crippen molar-refractivity contribution in [2.45, 2.75) is 6.92 Å². The molecule has 0 saturated carbocycles. The van der Waals surface area contributed by atoms with E-state index in [9.17, 15) is 14.0 Å². The molecule has 2 N–H and O–H groups in total. The number of benzene rings is 2. The molecule has 7 nitrogen and oxygen atoms in total. The predicted molar refractivity (Wildman–Crippen MR) is 108 cm³/mol. The van der Waals surface area contributed by atoms with Gasteiger partial charge in [-0.3, -0.25) is 9.59 Å². The van der Waals surface area contributed by atoms with Gasteiger partial charge in [0.2, 0.25) is 0 Å². The number of halogens is 2. The van der Waals surface area contributed by atoms with Gasteiger partial charge in [-0.05, 0) is 31.2 Å². The number of nitrogens with one attached hydrogen (secondary N) is 2. The van der Waals surface area contributed by atoms with Crippen LogP contribution >= 0.6 is 11.6 Å². The standard InChI is InChI=1S/C20H17ClFN5O2/c1-13-16(19(21)27(26-13)14-7-3-2-4-8-14)11-24-25-18(28)12-23-20(29)15-9-5-6-10-17(15)22/h2-11H,12H2,1H3,(H,23,29)(H,25,28). The van der Waals surface area contributed by atoms with E-state index in [4.69, 9.17) is 11.6 Å². The lowest BCUT2D eigenvalue weighted by Crippen LogP contribution is -2.35. The molecular formula is C20H17ClFN5O2. The van der Waals surface area contributed by atoms with E-state index >= 15 is 0 Å². The maximum absolute atomic E-state index is 13.5. The Kier molecular flexibility index (Phi) is 6.36. The predicted octanol–water partition coefficient (Wildman–Crippen LogP) is 2.85. The normalized spacial score (nSPS) is 10.9. The van der Waals surface area contributed by atoms with Crippen LogP contribution < -0.4 is 10.7 Å². The molecule has 0 unspecified atom stereocenters. The van der Waals surface area contributed by atoms with Crippen LogP contribution in [0, 0.1) is 12.7 Å². The Morgan fingerprint density at radius 2 is 1.86 bits per heavy atom. The second-order valence-corrected chi connectivity index (χ2v) is 6.35. The number of amides is 2. The van der Waals surface area contributed by atoms with Crippen molar-refractivity contribution in [2.24, 2.45) is 5.10 Å². The number of nitrogens with zero attached hydrogens (tertiary/aromatic N) is 3. The Bertz CT molecular complexity index is 1070. The highest BCUT2D eigenvalue weighted by atomic mass is 35.5. The Balaban J connectivity index is 1.59. The zero-order valence-corrected chi connectivity index (χ0v) is 16.2. The molecule has 2 amide bonds. The van der Waals surface area contributed by atoms with Crippen LogP contribution in [0.3, 0.4) is 0 Å². The Hall–Kier alpha value is -3.52. The number of para-hydroxylation sites is 1. The fourth-order valence-corrected chi connectivity index (χ4v) is 2.83. The number of aryl methyl sites for hydroxylation is 1. The third-order valence-electron chi connectivity index (χ3n) is 3.96. The van der Waals surface area contributed by atoms with E-state index in [-0.39, 0.29) is 12.1 Å². The molecule has 3 aromatic rings. The number of hydrazone groups is 1. The molecule has 0 saturated heterocycles. The second kappa shape index (κ2) is 9.11. The van der Waals surface area contributed by atoms with Gasteiger partial charge in [-0.2, -0.15) is 10.2 Å². The third kappa shape index (κ3) is 4.85. The number of carbonyl (C=O) groups excluding carboxylic acids is 2. The minimum Gasteiger partial charge on any atom is -0.343 e. The van der Waals surface area contributed by atoms with Crippen molar-refractivity contribution >= 4 is 29.6 Å². The first-order valence-corrected chi connectivity index (χ1v) is 9.00. The van der Waals surface area contributed by atoms with Gasteiger partial charge in [0.1, 0.15) is 11.0 Å². The van der Waals surface area contributed by atoms with E-state index < -0.39 is 17.6 Å². The van der Waals surface area contributed by atoms with Crippen LogP contribution in [-0.2, 0) is 4.79 Å². The zero-order chi connectivity index (χ0) is 20.8. The van der Waals surface area contributed by atoms with Gasteiger partial charge in [0.05, 0.1) is 35.3 Å². The zero-order valence-electron chi connectivity index (χ0n) is 15.4. The summed E-state index contributed by atoms with van der Waals surface area (Å²) >= 11 is 6.37. The number of hydrogen-bond acceptors (Lipinski definition) is 4. The van der Waals surface area contributed by atoms with E-state index in [1.54, 1.807) is 11.6 Å². The lowest BCUT2D eigenvalue weighted by atomic mass is 10.2. The first-order valence-electron chi connectivity index (χ1n) is 8.62. The van der Waals surface area contributed by atoms with Gasteiger partial charge < -0.3 is 5.32 Å². The highest BCUT2D eigenvalue weighted by molar-refractivity contribution is 6.32. The Morgan fingerprint density at radius 3 is 2.59 bits per heavy atom. The summed E-state index contributed by atoms with van der Waals surface area (Å²) < 4.78 is 15.1. The lowest BCUT2D eigenvalue weighted by Gasteiger charge is -2.05. The van der Waals surface area contributed by atoms with Crippen molar-refractivity contribution in [3.05, 3.63) is 82.4 Å². The van der Waals surface area contributed by atoms with E-state index in [2.05, 4.69) is 20.9 Å². The Morgan fingerprint density at radius 1 is 1.17 bits per heavy atom. The number of aromatic nitrogens is 2. The average molecular weight is 414 g/mol. The molecule has 0 aliphatic rings. The van der Waals surface area contributed by atoms with Crippen LogP contribution in [0.15, 0.2) is 59.7 Å². The fourth-order valence-electron chi connectivity index (χ4n) is 2.51. The second-order valence-electron chi connectivity index (χ2n) is 5.99. The molecule has 0 bridgehead atoms. The molecule has 9 heteroatoms. The van der Waals surface area contributed by atoms with Gasteiger partial charge in [0.25, 0.3) is 11.8 Å². The van der Waals surface area contributed by atoms with Gasteiger partial charge in [0.15, 0.2) is 0 Å². The maximum Gasteiger partial charge on any atom is 0.259 e. The van der Waals surface area contributed by atoms with Crippen molar-refractivity contribution in [1.82, 2.24) is 20.5 Å². The van der Waals surface area contributed by atoms with Crippen molar-refractivity contribution < 1.29 is 14.0 Å². The molecule has 148 valence electrons. The molecule has 2 aromatic carbocycles. The van der Waals surface area contributed by atoms with Crippen molar-refractivity contribution in [3.8, 4) is 5.69 Å². The number of carbonyl (C=O) groups is 2. The SMILES string of the molecule is Cc1nn(-c2ccccc2)c(Cl)c1C=NNC(=O)CNC(=O)c1ccccc1F. The fraction of sp³-hybridized carbons (Fsp3) is 0.100. The first-order chi connectivity index (χ1) is 14.0. The van der Waals surface area contributed by atoms with Crippen molar-refractivity contribution in [2.75, 3.05) is 6.54 Å². The largest absolute Gasteiger partial charge is 0.343 e. The topological polar surface area (TPSA) is 88.4 Å². The van der Waals surface area contributed by atoms with Crippen LogP contribution in [0.1, 0.15) is 21.6 Å². The van der Waals surface area contributed by atoms with E-state index in [0.29, 0.717) is 16.4 Å². The summed E-state index contributed by atoms with van der Waals surface area (Å²) in [5, 5.41) is 10.9. The number of hydrogen-bond donors (Lipinski definition) is 2. The van der Waals surface area contributed by atoms with Crippen LogP contribution in [0.4, 0.5) is 4.39 Å². The van der Waals surface area contributed by atoms with Gasteiger partial charge in [0, 0.05) is 0 Å². The van der Waals surface area contributed by atoms with E-state index in [1.807, 2.05) is 30.3 Å². The molecule has 1 heterocycles. The monoisotopic (exact) mass is 413 g/mol. The third-order valence-corrected chi connectivity index (χ3v) is 4.32. The summed E-state index contributed by atoms with van der Waals surface area (Å²) in [4.78, 5) is 23.8. The molecule has 0 atom stereocenters. The lowest BCUT2D eigenvalue weighted by molar-refractivity contribution is -0.120. The van der Waals surface area contributed by atoms with Crippen LogP contribution in [0.25, 0.3) is 5.69 Å². The molecule has 1 aromatic heterocycles. The molecule has 0 aliphatic carbocycles. The molecule has 0 fully saturated rings. The van der Waals surface area contributed by atoms with Crippen LogP contribution in [-0.4, -0.2) is 34.4 Å². The van der Waals surface area contributed by atoms with Crippen molar-refractivity contribution in [1.29, 1.82) is 0 Å². The van der Waals surface area contributed by atoms with Crippen molar-refractivity contribution in [3.63, 3.8) is 0 Å². The van der Waals surface area contributed by atoms with Gasteiger partial charge in [-0.25, -0.2) is 14.5 Å². The summed E-state index contributed by atoms with van der Waals surface area (Å²) in [5.41, 5.74) is 4.11. The summed E-state index contributed by atoms with van der Waals surface area (Å²) in [7, 11) is 0. The highest BCUT2D eigenvalue weighted by Gasteiger charge is 2.14. The van der Waals surface area contributed by atoms with E-state index in [1.165, 1.54) is 30.5 Å². The molecule has 3 rings (SSSR count). The van der Waals surface area contributed by atoms with Gasteiger partial charge in [-0.15, -0.1) is 0 Å². The quantitative estimate of drug-likeness (QED) is 0.481. The van der Waals surface area contributed by atoms with Gasteiger partial charge in [-0.1, -0.05) is 41.9 Å². The average Bonchev–Trinajstić information content (AvgIpc) is 3.01. The first kappa shape index (κ1) is 20.2. The molecule has 0 spiro atoms. The maximum atomic E-state index is 13.5.